The van der Waals surface area contributed by atoms with Crippen molar-refractivity contribution in [3.05, 3.63) is 70.4 Å². The Balaban J connectivity index is 2.21. The maximum atomic E-state index is 12.4. The SMILES string of the molecule is Cc1ccc(NC=C(C(=O)O)C(=O)Nc2ccc(C)cc2C)c(C)c1. The smallest absolute Gasteiger partial charge is 0.342 e. The van der Waals surface area contributed by atoms with E-state index in [1.807, 2.05) is 58.0 Å². The number of nitrogens with one attached hydrogen (secondary N) is 2. The van der Waals surface area contributed by atoms with Gasteiger partial charge in [-0.05, 0) is 51.0 Å². The monoisotopic (exact) mass is 338 g/mol. The normalized spacial score (nSPS) is 11.1. The molecule has 0 spiro atoms. The van der Waals surface area contributed by atoms with Crippen molar-refractivity contribution >= 4 is 23.3 Å². The molecular formula is C20H22N2O3. The number of carboxylic acid groups (broad SMARTS) is 1. The van der Waals surface area contributed by atoms with Gasteiger partial charge in [-0.1, -0.05) is 35.4 Å². The molecule has 130 valence electrons. The first kappa shape index (κ1) is 18.3. The molecular weight excluding hydrogens is 316 g/mol. The molecule has 0 saturated heterocycles. The maximum Gasteiger partial charge on any atom is 0.342 e. The van der Waals surface area contributed by atoms with Crippen molar-refractivity contribution in [2.24, 2.45) is 0 Å². The van der Waals surface area contributed by atoms with Gasteiger partial charge in [0.2, 0.25) is 0 Å². The van der Waals surface area contributed by atoms with E-state index in [1.54, 1.807) is 6.07 Å². The molecule has 0 aliphatic carbocycles. The fourth-order valence-corrected chi connectivity index (χ4v) is 2.49. The van der Waals surface area contributed by atoms with E-state index in [0.717, 1.165) is 27.9 Å². The van der Waals surface area contributed by atoms with Gasteiger partial charge in [-0.25, -0.2) is 4.79 Å². The molecule has 0 heterocycles. The molecule has 0 aliphatic rings. The second-order valence-electron chi connectivity index (χ2n) is 6.10. The lowest BCUT2D eigenvalue weighted by Gasteiger charge is -2.11. The number of aryl methyl sites for hydroxylation is 4. The van der Waals surface area contributed by atoms with Crippen molar-refractivity contribution in [3.8, 4) is 0 Å². The molecule has 2 aromatic carbocycles. The minimum Gasteiger partial charge on any atom is -0.477 e. The van der Waals surface area contributed by atoms with Crippen LogP contribution < -0.4 is 10.6 Å². The molecule has 25 heavy (non-hydrogen) atoms. The van der Waals surface area contributed by atoms with Crippen LogP contribution in [0.1, 0.15) is 22.3 Å². The molecule has 2 rings (SSSR count). The van der Waals surface area contributed by atoms with Crippen molar-refractivity contribution < 1.29 is 14.7 Å². The number of carboxylic acids is 1. The van der Waals surface area contributed by atoms with Gasteiger partial charge in [0, 0.05) is 17.6 Å². The Morgan fingerprint density at radius 3 is 1.88 bits per heavy atom. The number of hydrogen-bond acceptors (Lipinski definition) is 3. The lowest BCUT2D eigenvalue weighted by Crippen LogP contribution is -2.21. The largest absolute Gasteiger partial charge is 0.477 e. The molecule has 1 amide bonds. The van der Waals surface area contributed by atoms with Gasteiger partial charge < -0.3 is 15.7 Å². The minimum atomic E-state index is -1.29. The summed E-state index contributed by atoms with van der Waals surface area (Å²) in [6.07, 6.45) is 1.22. The molecule has 3 N–H and O–H groups in total. The topological polar surface area (TPSA) is 78.4 Å². The van der Waals surface area contributed by atoms with E-state index >= 15 is 0 Å². The Morgan fingerprint density at radius 1 is 0.880 bits per heavy atom. The molecule has 2 aromatic rings. The Bertz CT molecular complexity index is 854. The average molecular weight is 338 g/mol. The average Bonchev–Trinajstić information content (AvgIpc) is 2.52. The van der Waals surface area contributed by atoms with Crippen LogP contribution in [0.3, 0.4) is 0 Å². The first-order valence-corrected chi connectivity index (χ1v) is 7.94. The molecule has 0 bridgehead atoms. The summed E-state index contributed by atoms with van der Waals surface area (Å²) in [5, 5.41) is 14.9. The fraction of sp³-hybridized carbons (Fsp3) is 0.200. The zero-order chi connectivity index (χ0) is 18.6. The summed E-state index contributed by atoms with van der Waals surface area (Å²) in [5.41, 5.74) is 5.01. The van der Waals surface area contributed by atoms with E-state index in [4.69, 9.17) is 0 Å². The summed E-state index contributed by atoms with van der Waals surface area (Å²) in [6.45, 7) is 7.71. The van der Waals surface area contributed by atoms with Crippen LogP contribution in [0.5, 0.6) is 0 Å². The van der Waals surface area contributed by atoms with Gasteiger partial charge in [-0.3, -0.25) is 4.79 Å². The molecule has 0 fully saturated rings. The summed E-state index contributed by atoms with van der Waals surface area (Å²) < 4.78 is 0. The van der Waals surface area contributed by atoms with Crippen LogP contribution in [-0.4, -0.2) is 17.0 Å². The Labute approximate surface area is 147 Å². The van der Waals surface area contributed by atoms with Crippen molar-refractivity contribution in [1.29, 1.82) is 0 Å². The van der Waals surface area contributed by atoms with Crippen molar-refractivity contribution in [2.75, 3.05) is 10.6 Å². The fourth-order valence-electron chi connectivity index (χ4n) is 2.49. The number of carbonyl (C=O) groups is 2. The number of hydrogen-bond donors (Lipinski definition) is 3. The van der Waals surface area contributed by atoms with Gasteiger partial charge in [0.1, 0.15) is 5.57 Å². The van der Waals surface area contributed by atoms with E-state index in [0.29, 0.717) is 5.69 Å². The number of anilines is 2. The predicted octanol–water partition coefficient (Wildman–Crippen LogP) is 3.94. The molecule has 0 radical (unpaired) electrons. The first-order valence-electron chi connectivity index (χ1n) is 7.94. The van der Waals surface area contributed by atoms with E-state index in [1.165, 1.54) is 6.20 Å². The van der Waals surface area contributed by atoms with Crippen LogP contribution in [0.15, 0.2) is 48.2 Å². The van der Waals surface area contributed by atoms with Crippen LogP contribution in [0.25, 0.3) is 0 Å². The number of rotatable bonds is 5. The van der Waals surface area contributed by atoms with E-state index in [9.17, 15) is 14.7 Å². The maximum absolute atomic E-state index is 12.4. The zero-order valence-electron chi connectivity index (χ0n) is 14.8. The minimum absolute atomic E-state index is 0.361. The van der Waals surface area contributed by atoms with Gasteiger partial charge in [-0.15, -0.1) is 0 Å². The summed E-state index contributed by atoms with van der Waals surface area (Å²) in [5.74, 6) is -1.96. The number of amides is 1. The summed E-state index contributed by atoms with van der Waals surface area (Å²) in [7, 11) is 0. The van der Waals surface area contributed by atoms with Gasteiger partial charge in [0.25, 0.3) is 5.91 Å². The van der Waals surface area contributed by atoms with Gasteiger partial charge in [-0.2, -0.15) is 0 Å². The zero-order valence-corrected chi connectivity index (χ0v) is 14.8. The summed E-state index contributed by atoms with van der Waals surface area (Å²) in [4.78, 5) is 23.8. The second-order valence-corrected chi connectivity index (χ2v) is 6.10. The molecule has 0 saturated carbocycles. The molecule has 0 aliphatic heterocycles. The van der Waals surface area contributed by atoms with E-state index < -0.39 is 11.9 Å². The van der Waals surface area contributed by atoms with Crippen molar-refractivity contribution in [3.63, 3.8) is 0 Å². The standard InChI is InChI=1S/C20H22N2O3/c1-12-5-7-17(14(3)9-12)21-11-16(20(24)25)19(23)22-18-8-6-13(2)10-15(18)4/h5-11,21H,1-4H3,(H,22,23)(H,24,25). The lowest BCUT2D eigenvalue weighted by molar-refractivity contribution is -0.134. The highest BCUT2D eigenvalue weighted by molar-refractivity contribution is 6.20. The molecule has 0 aromatic heterocycles. The number of carbonyl (C=O) groups excluding carboxylic acids is 1. The molecule has 5 nitrogen and oxygen atoms in total. The van der Waals surface area contributed by atoms with Gasteiger partial charge >= 0.3 is 5.97 Å². The van der Waals surface area contributed by atoms with Crippen LogP contribution in [0.2, 0.25) is 0 Å². The molecule has 5 heteroatoms. The lowest BCUT2D eigenvalue weighted by atomic mass is 10.1. The second kappa shape index (κ2) is 7.66. The van der Waals surface area contributed by atoms with Crippen LogP contribution in [0.4, 0.5) is 11.4 Å². The third kappa shape index (κ3) is 4.70. The van der Waals surface area contributed by atoms with Gasteiger partial charge in [0.05, 0.1) is 0 Å². The van der Waals surface area contributed by atoms with Crippen LogP contribution in [0, 0.1) is 27.7 Å². The number of benzene rings is 2. The van der Waals surface area contributed by atoms with E-state index in [-0.39, 0.29) is 5.57 Å². The highest BCUT2D eigenvalue weighted by Gasteiger charge is 2.18. The third-order valence-corrected chi connectivity index (χ3v) is 3.86. The predicted molar refractivity (Wildman–Crippen MR) is 99.8 cm³/mol. The Morgan fingerprint density at radius 2 is 1.40 bits per heavy atom. The molecule has 0 atom stereocenters. The highest BCUT2D eigenvalue weighted by Crippen LogP contribution is 2.18. The Kier molecular flexibility index (Phi) is 5.60. The first-order chi connectivity index (χ1) is 11.8. The van der Waals surface area contributed by atoms with Crippen molar-refractivity contribution in [2.45, 2.75) is 27.7 Å². The van der Waals surface area contributed by atoms with Crippen LogP contribution in [-0.2, 0) is 9.59 Å². The van der Waals surface area contributed by atoms with Crippen LogP contribution >= 0.6 is 0 Å². The molecule has 0 unspecified atom stereocenters. The summed E-state index contributed by atoms with van der Waals surface area (Å²) >= 11 is 0. The quantitative estimate of drug-likeness (QED) is 0.438. The Hall–Kier alpha value is -3.08. The third-order valence-electron chi connectivity index (χ3n) is 3.86. The van der Waals surface area contributed by atoms with Crippen molar-refractivity contribution in [1.82, 2.24) is 0 Å². The highest BCUT2D eigenvalue weighted by atomic mass is 16.4. The van der Waals surface area contributed by atoms with E-state index in [2.05, 4.69) is 10.6 Å². The van der Waals surface area contributed by atoms with Gasteiger partial charge in [0.15, 0.2) is 0 Å². The number of aliphatic carboxylic acids is 1. The summed E-state index contributed by atoms with van der Waals surface area (Å²) in [6, 6.07) is 11.3.